The number of halogens is 2. The molecule has 284 valence electrons. The van der Waals surface area contributed by atoms with Crippen molar-refractivity contribution in [1.82, 2.24) is 9.97 Å². The van der Waals surface area contributed by atoms with Crippen LogP contribution < -0.4 is 5.73 Å². The lowest BCUT2D eigenvalue weighted by atomic mass is 9.78. The summed E-state index contributed by atoms with van der Waals surface area (Å²) in [5.74, 6) is -0.325. The standard InChI is InChI=1S/C21H25FN2O2.C13H15FN2O.C7H11NO2/c1-20(2,11-10-18(25)21(3,4)12-13-23-5)17-14-26-19(24-17)15-6-8-16(22)9-7-15;1-13(2,8-15)11-7-17-12(16-11)9-3-5-10(14)6-4-9;1-7(2,6(9)10)4-5-8-3/h6-9,14H,10-13H2,1-4H3;3-7H,8,15H2,1-2H3;4-5H2,1-2H3,(H,9,10). The quantitative estimate of drug-likeness (QED) is 0.122. The predicted molar refractivity (Wildman–Crippen MR) is 201 cm³/mol. The van der Waals surface area contributed by atoms with E-state index in [1.165, 1.54) is 24.3 Å². The van der Waals surface area contributed by atoms with E-state index in [2.05, 4.69) is 19.7 Å². The summed E-state index contributed by atoms with van der Waals surface area (Å²) in [6.45, 7) is 29.6. The summed E-state index contributed by atoms with van der Waals surface area (Å²) in [5.41, 5.74) is 6.94. The Bertz CT molecular complexity index is 1860. The zero-order valence-corrected chi connectivity index (χ0v) is 31.9. The van der Waals surface area contributed by atoms with Crippen molar-refractivity contribution in [2.75, 3.05) is 19.6 Å². The van der Waals surface area contributed by atoms with Crippen molar-refractivity contribution in [3.8, 4) is 22.9 Å². The monoisotopic (exact) mass is 731 g/mol. The third kappa shape index (κ3) is 13.4. The van der Waals surface area contributed by atoms with Gasteiger partial charge in [0.2, 0.25) is 24.9 Å². The summed E-state index contributed by atoms with van der Waals surface area (Å²) < 4.78 is 36.8. The number of carbonyl (C=O) groups excluding carboxylic acids is 1. The maximum Gasteiger partial charge on any atom is 0.309 e. The maximum absolute atomic E-state index is 13.0. The van der Waals surface area contributed by atoms with Crippen molar-refractivity contribution in [3.05, 3.63) is 107 Å². The molecule has 2 aromatic heterocycles. The number of carboxylic acid groups (broad SMARTS) is 1. The summed E-state index contributed by atoms with van der Waals surface area (Å²) in [6.07, 6.45) is 5.28. The number of Topliss-reactive ketones (excluding diaryl/α,β-unsaturated/α-hetero) is 1. The Balaban J connectivity index is 0.000000308. The second-order valence-electron chi connectivity index (χ2n) is 15.3. The van der Waals surface area contributed by atoms with Crippen LogP contribution in [0.5, 0.6) is 0 Å². The molecule has 0 aliphatic heterocycles. The van der Waals surface area contributed by atoms with E-state index in [0.717, 1.165) is 17.0 Å². The van der Waals surface area contributed by atoms with Gasteiger partial charge in [0.15, 0.2) is 0 Å². The number of carboxylic acids is 1. The number of aliphatic carboxylic acids is 1. The van der Waals surface area contributed by atoms with Crippen molar-refractivity contribution >= 4 is 11.8 Å². The Labute approximate surface area is 311 Å². The molecule has 0 aliphatic carbocycles. The minimum absolute atomic E-state index is 0.163. The van der Waals surface area contributed by atoms with E-state index in [4.69, 9.17) is 32.8 Å². The lowest BCUT2D eigenvalue weighted by Crippen LogP contribution is -2.28. The molecule has 2 aromatic carbocycles. The Hall–Kier alpha value is -5.20. The molecule has 10 nitrogen and oxygen atoms in total. The predicted octanol–water partition coefficient (Wildman–Crippen LogP) is 9.57. The molecule has 0 fully saturated rings. The molecule has 0 saturated carbocycles. The first-order valence-electron chi connectivity index (χ1n) is 17.3. The smallest absolute Gasteiger partial charge is 0.309 e. The molecule has 53 heavy (non-hydrogen) atoms. The summed E-state index contributed by atoms with van der Waals surface area (Å²) in [4.78, 5) is 38.3. The van der Waals surface area contributed by atoms with E-state index in [-0.39, 0.29) is 28.2 Å². The van der Waals surface area contributed by atoms with Gasteiger partial charge < -0.3 is 29.4 Å². The molecule has 0 saturated heterocycles. The second-order valence-corrected chi connectivity index (χ2v) is 15.3. The highest BCUT2D eigenvalue weighted by atomic mass is 19.1. The van der Waals surface area contributed by atoms with Crippen LogP contribution in [0.25, 0.3) is 32.6 Å². The van der Waals surface area contributed by atoms with E-state index in [0.29, 0.717) is 62.7 Å². The number of hydrogen-bond donors (Lipinski definition) is 2. The van der Waals surface area contributed by atoms with Gasteiger partial charge in [-0.25, -0.2) is 31.9 Å². The molecule has 0 bridgehead atoms. The average Bonchev–Trinajstić information content (AvgIpc) is 3.82. The fourth-order valence-corrected chi connectivity index (χ4v) is 4.53. The molecular formula is C41H51F2N5O5. The number of rotatable bonds is 14. The van der Waals surface area contributed by atoms with Crippen molar-refractivity contribution in [1.29, 1.82) is 0 Å². The zero-order chi connectivity index (χ0) is 40.0. The largest absolute Gasteiger partial charge is 0.481 e. The molecule has 0 spiro atoms. The molecule has 0 amide bonds. The highest BCUT2D eigenvalue weighted by Crippen LogP contribution is 2.33. The number of aromatic nitrogens is 2. The minimum Gasteiger partial charge on any atom is -0.481 e. The molecule has 3 N–H and O–H groups in total. The zero-order valence-electron chi connectivity index (χ0n) is 31.9. The number of nitrogens with two attached hydrogens (primary N) is 1. The normalized spacial score (nSPS) is 11.6. The number of hydrogen-bond acceptors (Lipinski definition) is 7. The molecule has 0 unspecified atom stereocenters. The van der Waals surface area contributed by atoms with E-state index in [9.17, 15) is 18.4 Å². The van der Waals surface area contributed by atoms with Crippen molar-refractivity contribution in [2.45, 2.75) is 91.9 Å². The number of nitrogens with zero attached hydrogens (tertiary/aromatic N) is 4. The molecular weight excluding hydrogens is 680 g/mol. The van der Waals surface area contributed by atoms with Gasteiger partial charge in [-0.15, -0.1) is 0 Å². The van der Waals surface area contributed by atoms with E-state index < -0.39 is 16.8 Å². The van der Waals surface area contributed by atoms with Crippen molar-refractivity contribution in [2.24, 2.45) is 16.6 Å². The van der Waals surface area contributed by atoms with Crippen LogP contribution in [0.1, 0.15) is 92.5 Å². The first-order chi connectivity index (χ1) is 24.7. The van der Waals surface area contributed by atoms with Crippen LogP contribution in [0.3, 0.4) is 0 Å². The lowest BCUT2D eigenvalue weighted by molar-refractivity contribution is -0.147. The Morgan fingerprint density at radius 1 is 0.698 bits per heavy atom. The van der Waals surface area contributed by atoms with E-state index >= 15 is 0 Å². The van der Waals surface area contributed by atoms with E-state index in [1.807, 2.05) is 41.5 Å². The van der Waals surface area contributed by atoms with Crippen LogP contribution in [0.2, 0.25) is 0 Å². The van der Waals surface area contributed by atoms with Crippen LogP contribution >= 0.6 is 0 Å². The topological polar surface area (TPSA) is 141 Å². The van der Waals surface area contributed by atoms with Crippen molar-refractivity contribution < 1.29 is 32.3 Å². The van der Waals surface area contributed by atoms with Crippen LogP contribution in [0, 0.1) is 35.6 Å². The van der Waals surface area contributed by atoms with Gasteiger partial charge in [-0.3, -0.25) is 9.59 Å². The van der Waals surface area contributed by atoms with E-state index in [1.54, 1.807) is 50.6 Å². The van der Waals surface area contributed by atoms with Crippen LogP contribution in [0.4, 0.5) is 8.78 Å². The summed E-state index contributed by atoms with van der Waals surface area (Å²) >= 11 is 0. The summed E-state index contributed by atoms with van der Waals surface area (Å²) in [7, 11) is 0. The molecule has 4 rings (SSSR count). The second kappa shape index (κ2) is 19.0. The fourth-order valence-electron chi connectivity index (χ4n) is 4.53. The molecule has 2 heterocycles. The maximum atomic E-state index is 13.0. The first-order valence-corrected chi connectivity index (χ1v) is 17.3. The first kappa shape index (κ1) is 44.0. The summed E-state index contributed by atoms with van der Waals surface area (Å²) in [6, 6.07) is 12.0. The SMILES string of the molecule is CC(C)(CN)c1coc(-c2ccc(F)cc2)n1.[C-]#[N+]CCC(C)(C)C(=O)CCC(C)(C)c1coc(-c2ccc(F)cc2)n1.[C-]#[N+]CCC(C)(C)C(=O)O. The Morgan fingerprint density at radius 3 is 1.47 bits per heavy atom. The highest BCUT2D eigenvalue weighted by Gasteiger charge is 2.32. The van der Waals surface area contributed by atoms with Gasteiger partial charge in [0, 0.05) is 53.2 Å². The summed E-state index contributed by atoms with van der Waals surface area (Å²) in [5, 5.41) is 8.56. The number of carbonyl (C=O) groups is 2. The third-order valence-electron chi connectivity index (χ3n) is 9.10. The minimum atomic E-state index is -0.837. The molecule has 0 radical (unpaired) electrons. The van der Waals surface area contributed by atoms with Gasteiger partial charge in [0.25, 0.3) is 0 Å². The van der Waals surface area contributed by atoms with Gasteiger partial charge in [-0.1, -0.05) is 41.5 Å². The number of oxazole rings is 2. The average molecular weight is 732 g/mol. The fraction of sp³-hybridized carbons (Fsp3) is 0.463. The Kier molecular flexibility index (Phi) is 15.8. The molecule has 0 atom stereocenters. The van der Waals surface area contributed by atoms with Crippen molar-refractivity contribution in [3.63, 3.8) is 0 Å². The third-order valence-corrected chi connectivity index (χ3v) is 9.10. The Morgan fingerprint density at radius 2 is 1.09 bits per heavy atom. The highest BCUT2D eigenvalue weighted by molar-refractivity contribution is 5.84. The van der Waals surface area contributed by atoms with Crippen LogP contribution in [-0.4, -0.2) is 46.5 Å². The van der Waals surface area contributed by atoms with Gasteiger partial charge in [-0.05, 0) is 68.8 Å². The molecule has 4 aromatic rings. The van der Waals surface area contributed by atoms with Gasteiger partial charge in [0.1, 0.15) is 29.9 Å². The van der Waals surface area contributed by atoms with Gasteiger partial charge in [-0.2, -0.15) is 0 Å². The number of benzene rings is 2. The van der Waals surface area contributed by atoms with Crippen LogP contribution in [0.15, 0.2) is 69.9 Å². The van der Waals surface area contributed by atoms with Gasteiger partial charge in [0.05, 0.1) is 16.8 Å². The molecule has 0 aliphatic rings. The van der Waals surface area contributed by atoms with Gasteiger partial charge >= 0.3 is 5.97 Å². The van der Waals surface area contributed by atoms with Crippen LogP contribution in [-0.2, 0) is 20.4 Å². The number of ketones is 1. The molecule has 12 heteroatoms. The lowest BCUT2D eigenvalue weighted by Gasteiger charge is -2.25.